The van der Waals surface area contributed by atoms with Crippen LogP contribution in [0.5, 0.6) is 0 Å². The van der Waals surface area contributed by atoms with Crippen LogP contribution >= 0.6 is 11.3 Å². The summed E-state index contributed by atoms with van der Waals surface area (Å²) in [4.78, 5) is 27.2. The number of hydrogen-bond donors (Lipinski definition) is 2. The molecule has 10 nitrogen and oxygen atoms in total. The number of carbonyl (C=O) groups excluding carboxylic acids is 1. The lowest BCUT2D eigenvalue weighted by Crippen LogP contribution is -2.16. The number of oxazole rings is 1. The van der Waals surface area contributed by atoms with Crippen molar-refractivity contribution in [3.63, 3.8) is 0 Å². The Morgan fingerprint density at radius 2 is 2.03 bits per heavy atom. The van der Waals surface area contributed by atoms with Crippen molar-refractivity contribution in [3.8, 4) is 10.6 Å². The highest BCUT2D eigenvalue weighted by molar-refractivity contribution is 7.91. The lowest BCUT2D eigenvalue weighted by atomic mass is 10.2. The van der Waals surface area contributed by atoms with Crippen LogP contribution in [0, 0.1) is 0 Å². The molecular weight excluding hydrogens is 512 g/mol. The molecule has 0 aliphatic heterocycles. The Kier molecular flexibility index (Phi) is 7.01. The van der Waals surface area contributed by atoms with E-state index in [0.717, 1.165) is 16.0 Å². The van der Waals surface area contributed by atoms with E-state index in [1.807, 2.05) is 41.1 Å². The van der Waals surface area contributed by atoms with Crippen LogP contribution in [-0.2, 0) is 22.8 Å². The molecule has 0 radical (unpaired) electrons. The molecule has 1 aromatic carbocycles. The maximum Gasteiger partial charge on any atom is 0.268 e. The number of aryl methyl sites for hydroxylation is 2. The number of hydrogen-bond acceptors (Lipinski definition) is 9. The van der Waals surface area contributed by atoms with Crippen LogP contribution in [0.15, 0.2) is 71.9 Å². The monoisotopic (exact) mass is 536 g/mol. The van der Waals surface area contributed by atoms with Gasteiger partial charge in [0.2, 0.25) is 5.95 Å². The molecule has 0 saturated carbocycles. The van der Waals surface area contributed by atoms with Crippen molar-refractivity contribution in [2.75, 3.05) is 22.3 Å². The predicted molar refractivity (Wildman–Crippen MR) is 143 cm³/mol. The topological polar surface area (TPSA) is 132 Å². The van der Waals surface area contributed by atoms with E-state index < -0.39 is 9.84 Å². The SMILES string of the molecule is CCS(=O)(=O)CNc1ccc2c(c1)nc(NC(=O)c1ccc(-c3cnco3)s1)n2CCc1cccnc1. The highest BCUT2D eigenvalue weighted by atomic mass is 32.2. The third-order valence-corrected chi connectivity index (χ3v) is 8.32. The molecule has 5 aromatic rings. The number of carbonyl (C=O) groups is 1. The Hall–Kier alpha value is -4.03. The second-order valence-electron chi connectivity index (χ2n) is 8.24. The van der Waals surface area contributed by atoms with E-state index in [4.69, 9.17) is 4.42 Å². The number of fused-ring (bicyclic) bond motifs is 1. The minimum Gasteiger partial charge on any atom is -0.443 e. The molecule has 2 N–H and O–H groups in total. The van der Waals surface area contributed by atoms with E-state index in [-0.39, 0.29) is 17.5 Å². The van der Waals surface area contributed by atoms with Gasteiger partial charge in [0.15, 0.2) is 22.0 Å². The van der Waals surface area contributed by atoms with Gasteiger partial charge in [0.25, 0.3) is 5.91 Å². The van der Waals surface area contributed by atoms with Crippen molar-refractivity contribution >= 4 is 49.8 Å². The third-order valence-electron chi connectivity index (χ3n) is 5.76. The smallest absolute Gasteiger partial charge is 0.268 e. The molecule has 0 saturated heterocycles. The van der Waals surface area contributed by atoms with E-state index in [9.17, 15) is 13.2 Å². The fourth-order valence-electron chi connectivity index (χ4n) is 3.74. The second kappa shape index (κ2) is 10.5. The highest BCUT2D eigenvalue weighted by Gasteiger charge is 2.18. The van der Waals surface area contributed by atoms with Gasteiger partial charge < -0.3 is 14.3 Å². The van der Waals surface area contributed by atoms with Crippen molar-refractivity contribution in [3.05, 3.63) is 77.9 Å². The van der Waals surface area contributed by atoms with Gasteiger partial charge in [-0.25, -0.2) is 18.4 Å². The second-order valence-corrected chi connectivity index (χ2v) is 11.7. The summed E-state index contributed by atoms with van der Waals surface area (Å²) < 4.78 is 31.1. The Balaban J connectivity index is 1.43. The Labute approximate surface area is 217 Å². The van der Waals surface area contributed by atoms with Gasteiger partial charge in [0, 0.05) is 30.4 Å². The average Bonchev–Trinajstić information content (AvgIpc) is 3.67. The first-order valence-electron chi connectivity index (χ1n) is 11.6. The number of nitrogens with one attached hydrogen (secondary N) is 2. The molecule has 0 aliphatic carbocycles. The molecule has 190 valence electrons. The molecule has 1 amide bonds. The summed E-state index contributed by atoms with van der Waals surface area (Å²) in [5.41, 5.74) is 3.14. The predicted octanol–water partition coefficient (Wildman–Crippen LogP) is 4.45. The Bertz CT molecular complexity index is 1630. The molecular formula is C25H24N6O4S2. The van der Waals surface area contributed by atoms with Crippen molar-refractivity contribution in [2.24, 2.45) is 0 Å². The number of benzene rings is 1. The Morgan fingerprint density at radius 1 is 1.14 bits per heavy atom. The van der Waals surface area contributed by atoms with Gasteiger partial charge in [-0.05, 0) is 48.4 Å². The normalized spacial score (nSPS) is 11.6. The number of amides is 1. The van der Waals surface area contributed by atoms with E-state index in [1.165, 1.54) is 17.7 Å². The quantitative estimate of drug-likeness (QED) is 0.268. The van der Waals surface area contributed by atoms with Crippen LogP contribution in [0.4, 0.5) is 11.6 Å². The average molecular weight is 537 g/mol. The van der Waals surface area contributed by atoms with Gasteiger partial charge in [-0.1, -0.05) is 13.0 Å². The molecule has 5 rings (SSSR count). The summed E-state index contributed by atoms with van der Waals surface area (Å²) in [5, 5.41) is 5.89. The lowest BCUT2D eigenvalue weighted by molar-refractivity contribution is 0.102. The van der Waals surface area contributed by atoms with Gasteiger partial charge in [-0.3, -0.25) is 15.1 Å². The minimum absolute atomic E-state index is 0.0578. The van der Waals surface area contributed by atoms with Gasteiger partial charge in [-0.15, -0.1) is 11.3 Å². The number of anilines is 2. The molecule has 0 fully saturated rings. The fraction of sp³-hybridized carbons (Fsp3) is 0.200. The van der Waals surface area contributed by atoms with E-state index in [0.29, 0.717) is 40.8 Å². The van der Waals surface area contributed by atoms with Crippen LogP contribution in [0.1, 0.15) is 22.2 Å². The van der Waals surface area contributed by atoms with Gasteiger partial charge in [-0.2, -0.15) is 0 Å². The van der Waals surface area contributed by atoms with Crippen LogP contribution in [0.25, 0.3) is 21.7 Å². The zero-order chi connectivity index (χ0) is 25.8. The van der Waals surface area contributed by atoms with Crippen LogP contribution < -0.4 is 10.6 Å². The van der Waals surface area contributed by atoms with Crippen LogP contribution in [0.3, 0.4) is 0 Å². The van der Waals surface area contributed by atoms with Crippen molar-refractivity contribution in [1.29, 1.82) is 0 Å². The number of pyridine rings is 1. The minimum atomic E-state index is -3.18. The summed E-state index contributed by atoms with van der Waals surface area (Å²) in [7, 11) is -3.18. The maximum atomic E-state index is 13.1. The third kappa shape index (κ3) is 5.70. The van der Waals surface area contributed by atoms with Crippen molar-refractivity contribution in [2.45, 2.75) is 19.9 Å². The molecule has 0 bridgehead atoms. The first-order valence-corrected chi connectivity index (χ1v) is 14.2. The number of sulfone groups is 1. The molecule has 12 heteroatoms. The summed E-state index contributed by atoms with van der Waals surface area (Å²) >= 11 is 1.30. The molecule has 0 unspecified atom stereocenters. The lowest BCUT2D eigenvalue weighted by Gasteiger charge is -2.10. The van der Waals surface area contributed by atoms with E-state index in [2.05, 4.69) is 25.6 Å². The maximum absolute atomic E-state index is 13.1. The highest BCUT2D eigenvalue weighted by Crippen LogP contribution is 2.29. The van der Waals surface area contributed by atoms with E-state index >= 15 is 0 Å². The zero-order valence-corrected chi connectivity index (χ0v) is 21.6. The number of rotatable bonds is 10. The van der Waals surface area contributed by atoms with Crippen molar-refractivity contribution < 1.29 is 17.6 Å². The molecule has 37 heavy (non-hydrogen) atoms. The summed E-state index contributed by atoms with van der Waals surface area (Å²) in [6.45, 7) is 2.17. The van der Waals surface area contributed by atoms with Crippen LogP contribution in [0.2, 0.25) is 0 Å². The molecule has 0 spiro atoms. The summed E-state index contributed by atoms with van der Waals surface area (Å²) in [6.07, 6.45) is 7.17. The van der Waals surface area contributed by atoms with E-state index in [1.54, 1.807) is 31.5 Å². The Morgan fingerprint density at radius 3 is 2.78 bits per heavy atom. The van der Waals surface area contributed by atoms with Gasteiger partial charge >= 0.3 is 0 Å². The number of imidazole rings is 1. The van der Waals surface area contributed by atoms with Crippen molar-refractivity contribution in [1.82, 2.24) is 19.5 Å². The van der Waals surface area contributed by atoms with Gasteiger partial charge in [0.1, 0.15) is 5.88 Å². The number of thiophene rings is 1. The zero-order valence-electron chi connectivity index (χ0n) is 19.9. The molecule has 0 aliphatic rings. The molecule has 4 aromatic heterocycles. The largest absolute Gasteiger partial charge is 0.443 e. The number of aromatic nitrogens is 4. The number of nitrogens with zero attached hydrogens (tertiary/aromatic N) is 4. The molecule has 0 atom stereocenters. The fourth-order valence-corrected chi connectivity index (χ4v) is 5.18. The summed E-state index contributed by atoms with van der Waals surface area (Å²) in [6, 6.07) is 12.9. The van der Waals surface area contributed by atoms with Gasteiger partial charge in [0.05, 0.1) is 27.0 Å². The first kappa shape index (κ1) is 24.7. The van der Waals surface area contributed by atoms with Crippen LogP contribution in [-0.4, -0.2) is 45.5 Å². The molecule has 4 heterocycles. The first-order chi connectivity index (χ1) is 17.9. The summed E-state index contributed by atoms with van der Waals surface area (Å²) in [5.74, 6) is 0.602. The standard InChI is InChI=1S/C25H24N6O4S2/c1-2-37(33,34)16-28-18-5-6-20-19(12-18)29-25(31(20)11-9-17-4-3-10-26-13-17)30-24(32)23-8-7-22(36-23)21-14-27-15-35-21/h3-8,10,12-15,28H,2,9,11,16H2,1H3,(H,29,30,32).